The van der Waals surface area contributed by atoms with Crippen LogP contribution in [0, 0.1) is 13.8 Å². The smallest absolute Gasteiger partial charge is 0.326 e. The number of aliphatic hydroxyl groups is 1. The van der Waals surface area contributed by atoms with E-state index in [1.807, 2.05) is 0 Å². The van der Waals surface area contributed by atoms with Gasteiger partial charge in [0.1, 0.15) is 11.8 Å². The minimum Gasteiger partial charge on any atom is -0.480 e. The van der Waals surface area contributed by atoms with E-state index in [0.717, 1.165) is 5.56 Å². The quantitative estimate of drug-likeness (QED) is 0.602. The lowest BCUT2D eigenvalue weighted by molar-refractivity contribution is -0.139. The first-order chi connectivity index (χ1) is 9.36. The Bertz CT molecular complexity index is 466. The van der Waals surface area contributed by atoms with Crippen LogP contribution in [0.15, 0.2) is 4.52 Å². The highest BCUT2D eigenvalue weighted by Crippen LogP contribution is 2.20. The van der Waals surface area contributed by atoms with E-state index in [1.165, 1.54) is 0 Å². The first kappa shape index (κ1) is 16.0. The second kappa shape index (κ2) is 6.90. The molecular weight excluding hydrogens is 266 g/mol. The summed E-state index contributed by atoms with van der Waals surface area (Å²) in [6.07, 6.45) is -0.0531. The van der Waals surface area contributed by atoms with Gasteiger partial charge in [-0.1, -0.05) is 5.16 Å². The molecule has 1 aromatic rings. The average Bonchev–Trinajstić information content (AvgIpc) is 2.68. The maximum absolute atomic E-state index is 11.7. The normalized spacial score (nSPS) is 13.6. The van der Waals surface area contributed by atoms with Crippen molar-refractivity contribution in [2.45, 2.75) is 39.3 Å². The molecule has 0 spiro atoms. The highest BCUT2D eigenvalue weighted by molar-refractivity contribution is 5.82. The monoisotopic (exact) mass is 285 g/mol. The Morgan fingerprint density at radius 1 is 1.35 bits per heavy atom. The molecule has 2 atom stereocenters. The van der Waals surface area contributed by atoms with Crippen LogP contribution in [0.3, 0.4) is 0 Å². The van der Waals surface area contributed by atoms with Gasteiger partial charge in [0.05, 0.1) is 11.7 Å². The van der Waals surface area contributed by atoms with E-state index in [9.17, 15) is 9.59 Å². The highest BCUT2D eigenvalue weighted by Gasteiger charge is 2.22. The van der Waals surface area contributed by atoms with Gasteiger partial charge >= 0.3 is 12.0 Å². The third kappa shape index (κ3) is 3.95. The van der Waals surface area contributed by atoms with Gasteiger partial charge < -0.3 is 25.4 Å². The molecule has 0 saturated heterocycles. The first-order valence-electron chi connectivity index (χ1n) is 6.20. The van der Waals surface area contributed by atoms with E-state index in [1.54, 1.807) is 20.8 Å². The van der Waals surface area contributed by atoms with Crippen LogP contribution in [0.2, 0.25) is 0 Å². The molecule has 112 valence electrons. The number of carbonyl (C=O) groups excluding carboxylic acids is 1. The number of urea groups is 1. The fourth-order valence-corrected chi connectivity index (χ4v) is 1.96. The van der Waals surface area contributed by atoms with Crippen LogP contribution in [0.4, 0.5) is 4.79 Å². The van der Waals surface area contributed by atoms with Crippen LogP contribution in [0.25, 0.3) is 0 Å². The third-order valence-corrected chi connectivity index (χ3v) is 2.89. The summed E-state index contributed by atoms with van der Waals surface area (Å²) in [5, 5.41) is 26.3. The zero-order valence-electron chi connectivity index (χ0n) is 11.6. The van der Waals surface area contributed by atoms with Crippen LogP contribution in [-0.4, -0.2) is 40.0 Å². The number of amides is 2. The molecule has 1 heterocycles. The van der Waals surface area contributed by atoms with Crippen molar-refractivity contribution in [3.8, 4) is 0 Å². The van der Waals surface area contributed by atoms with Crippen LogP contribution in [0.1, 0.15) is 36.4 Å². The Kier molecular flexibility index (Phi) is 5.51. The van der Waals surface area contributed by atoms with Gasteiger partial charge in [-0.3, -0.25) is 0 Å². The molecule has 0 fully saturated rings. The lowest BCUT2D eigenvalue weighted by Crippen LogP contribution is -2.47. The van der Waals surface area contributed by atoms with Crippen molar-refractivity contribution < 1.29 is 24.3 Å². The number of aryl methyl sites for hydroxylation is 2. The molecule has 0 bridgehead atoms. The Morgan fingerprint density at radius 3 is 2.45 bits per heavy atom. The SMILES string of the molecule is Cc1noc(C)c1C(C)NC(=O)N[C@H](CCO)C(=O)O. The zero-order valence-corrected chi connectivity index (χ0v) is 11.6. The third-order valence-electron chi connectivity index (χ3n) is 2.89. The summed E-state index contributed by atoms with van der Waals surface area (Å²) in [6, 6.07) is -2.12. The minimum absolute atomic E-state index is 0.0531. The minimum atomic E-state index is -1.20. The standard InChI is InChI=1S/C12H19N3O5/c1-6(10-7(2)15-20-8(10)3)13-12(19)14-9(4-5-16)11(17)18/h6,9,16H,4-5H2,1-3H3,(H,17,18)(H2,13,14,19)/t6?,9-/m1/s1. The molecule has 2 amide bonds. The van der Waals surface area contributed by atoms with Gasteiger partial charge in [0, 0.05) is 18.6 Å². The summed E-state index contributed by atoms with van der Waals surface area (Å²) in [5.74, 6) is -0.598. The predicted molar refractivity (Wildman–Crippen MR) is 69.2 cm³/mol. The highest BCUT2D eigenvalue weighted by atomic mass is 16.5. The van der Waals surface area contributed by atoms with Crippen molar-refractivity contribution in [3.63, 3.8) is 0 Å². The fourth-order valence-electron chi connectivity index (χ4n) is 1.96. The maximum Gasteiger partial charge on any atom is 0.326 e. The number of carboxylic acid groups (broad SMARTS) is 1. The van der Waals surface area contributed by atoms with E-state index >= 15 is 0 Å². The van der Waals surface area contributed by atoms with Crippen LogP contribution in [0.5, 0.6) is 0 Å². The van der Waals surface area contributed by atoms with Crippen molar-refractivity contribution in [1.82, 2.24) is 15.8 Å². The zero-order chi connectivity index (χ0) is 15.3. The van der Waals surface area contributed by atoms with E-state index in [0.29, 0.717) is 11.5 Å². The lowest BCUT2D eigenvalue weighted by atomic mass is 10.1. The number of rotatable bonds is 6. The van der Waals surface area contributed by atoms with Crippen molar-refractivity contribution in [2.24, 2.45) is 0 Å². The molecule has 0 aromatic carbocycles. The van der Waals surface area contributed by atoms with Crippen LogP contribution < -0.4 is 10.6 Å². The molecule has 20 heavy (non-hydrogen) atoms. The molecule has 0 aliphatic carbocycles. The number of carbonyl (C=O) groups is 2. The topological polar surface area (TPSA) is 125 Å². The molecule has 0 radical (unpaired) electrons. The van der Waals surface area contributed by atoms with Crippen molar-refractivity contribution in [2.75, 3.05) is 6.61 Å². The molecule has 0 saturated carbocycles. The Balaban J connectivity index is 2.64. The maximum atomic E-state index is 11.7. The molecule has 8 heteroatoms. The summed E-state index contributed by atoms with van der Waals surface area (Å²) in [7, 11) is 0. The second-order valence-corrected chi connectivity index (χ2v) is 4.48. The Labute approximate surface area is 116 Å². The molecule has 1 unspecified atom stereocenters. The van der Waals surface area contributed by atoms with Gasteiger partial charge in [-0.05, 0) is 20.8 Å². The first-order valence-corrected chi connectivity index (χ1v) is 6.20. The lowest BCUT2D eigenvalue weighted by Gasteiger charge is -2.17. The number of hydrogen-bond acceptors (Lipinski definition) is 5. The molecule has 0 aliphatic heterocycles. The number of aliphatic hydroxyl groups excluding tert-OH is 1. The molecular formula is C12H19N3O5. The van der Waals surface area contributed by atoms with E-state index in [4.69, 9.17) is 14.7 Å². The Morgan fingerprint density at radius 2 is 2.00 bits per heavy atom. The second-order valence-electron chi connectivity index (χ2n) is 4.48. The predicted octanol–water partition coefficient (Wildman–Crippen LogP) is 0.487. The average molecular weight is 285 g/mol. The summed E-state index contributed by atoms with van der Waals surface area (Å²) < 4.78 is 5.01. The van der Waals surface area contributed by atoms with Crippen molar-refractivity contribution >= 4 is 12.0 Å². The van der Waals surface area contributed by atoms with E-state index in [2.05, 4.69) is 15.8 Å². The van der Waals surface area contributed by atoms with Gasteiger partial charge in [-0.2, -0.15) is 0 Å². The van der Waals surface area contributed by atoms with Crippen molar-refractivity contribution in [3.05, 3.63) is 17.0 Å². The number of nitrogens with one attached hydrogen (secondary N) is 2. The molecule has 1 rings (SSSR count). The summed E-state index contributed by atoms with van der Waals surface area (Å²) in [5.41, 5.74) is 1.43. The Hall–Kier alpha value is -2.09. The molecule has 8 nitrogen and oxygen atoms in total. The van der Waals surface area contributed by atoms with E-state index in [-0.39, 0.29) is 19.1 Å². The largest absolute Gasteiger partial charge is 0.480 e. The number of hydrogen-bond donors (Lipinski definition) is 4. The number of aliphatic carboxylic acids is 1. The molecule has 0 aliphatic rings. The summed E-state index contributed by atoms with van der Waals surface area (Å²) in [6.45, 7) is 4.91. The number of aromatic nitrogens is 1. The van der Waals surface area contributed by atoms with Crippen molar-refractivity contribution in [1.29, 1.82) is 0 Å². The van der Waals surface area contributed by atoms with Gasteiger partial charge in [0.2, 0.25) is 0 Å². The van der Waals surface area contributed by atoms with E-state index < -0.39 is 18.0 Å². The number of nitrogens with zero attached hydrogens (tertiary/aromatic N) is 1. The molecule has 1 aromatic heterocycles. The van der Waals surface area contributed by atoms with Gasteiger partial charge in [0.15, 0.2) is 0 Å². The van der Waals surface area contributed by atoms with Gasteiger partial charge in [-0.15, -0.1) is 0 Å². The van der Waals surface area contributed by atoms with Gasteiger partial charge in [-0.25, -0.2) is 9.59 Å². The summed E-state index contributed by atoms with van der Waals surface area (Å²) in [4.78, 5) is 22.6. The van der Waals surface area contributed by atoms with Crippen LogP contribution >= 0.6 is 0 Å². The summed E-state index contributed by atoms with van der Waals surface area (Å²) >= 11 is 0. The molecule has 4 N–H and O–H groups in total. The number of carboxylic acids is 1. The van der Waals surface area contributed by atoms with Gasteiger partial charge in [0.25, 0.3) is 0 Å². The fraction of sp³-hybridized carbons (Fsp3) is 0.583. The van der Waals surface area contributed by atoms with Crippen LogP contribution in [-0.2, 0) is 4.79 Å².